The molecule has 4 rings (SSSR count). The summed E-state index contributed by atoms with van der Waals surface area (Å²) >= 11 is 0. The summed E-state index contributed by atoms with van der Waals surface area (Å²) in [6, 6.07) is 10.4. The van der Waals surface area contributed by atoms with Gasteiger partial charge in [0.1, 0.15) is 0 Å². The molecule has 26 heavy (non-hydrogen) atoms. The maximum Gasteiger partial charge on any atom is 0.257 e. The molecule has 0 aliphatic carbocycles. The maximum atomic E-state index is 12.8. The molecule has 6 heteroatoms. The van der Waals surface area contributed by atoms with E-state index in [-0.39, 0.29) is 5.91 Å². The Bertz CT molecular complexity index is 883. The number of aryl methyl sites for hydroxylation is 1. The highest BCUT2D eigenvalue weighted by Gasteiger charge is 2.28. The van der Waals surface area contributed by atoms with E-state index in [9.17, 15) is 4.79 Å². The Morgan fingerprint density at radius 1 is 1.27 bits per heavy atom. The second-order valence-electron chi connectivity index (χ2n) is 6.96. The van der Waals surface area contributed by atoms with Crippen molar-refractivity contribution in [2.24, 2.45) is 7.05 Å². The first-order chi connectivity index (χ1) is 12.7. The number of nitrogens with one attached hydrogen (secondary N) is 1. The number of likely N-dealkylation sites (tertiary alicyclic amines) is 1. The van der Waals surface area contributed by atoms with Gasteiger partial charge in [0.05, 0.1) is 18.0 Å². The Kier molecular flexibility index (Phi) is 4.56. The normalized spacial score (nSPS) is 17.4. The molecule has 1 fully saturated rings. The standard InChI is InChI=1S/C20H23N5O/c1-24-13-18(12-22-24)20(26)25-9-5-8-16(14-25)19-17(11-21-23-19)10-15-6-3-2-4-7-15/h2-4,6-7,11-13,16H,5,8-10,14H2,1H3,(H,21,23). The van der Waals surface area contributed by atoms with Crippen LogP contribution in [0, 0.1) is 0 Å². The molecule has 6 nitrogen and oxygen atoms in total. The third-order valence-electron chi connectivity index (χ3n) is 5.06. The van der Waals surface area contributed by atoms with Crippen molar-refractivity contribution in [2.45, 2.75) is 25.2 Å². The van der Waals surface area contributed by atoms with E-state index in [1.807, 2.05) is 24.2 Å². The van der Waals surface area contributed by atoms with Gasteiger partial charge in [-0.25, -0.2) is 0 Å². The second kappa shape index (κ2) is 7.15. The van der Waals surface area contributed by atoms with E-state index in [0.29, 0.717) is 11.5 Å². The van der Waals surface area contributed by atoms with Gasteiger partial charge in [0.2, 0.25) is 0 Å². The number of hydrogen-bond acceptors (Lipinski definition) is 3. The predicted octanol–water partition coefficient (Wildman–Crippen LogP) is 2.75. The fourth-order valence-electron chi connectivity index (χ4n) is 3.74. The van der Waals surface area contributed by atoms with E-state index >= 15 is 0 Å². The number of aromatic amines is 1. The second-order valence-corrected chi connectivity index (χ2v) is 6.96. The molecule has 1 saturated heterocycles. The van der Waals surface area contributed by atoms with Gasteiger partial charge in [0, 0.05) is 44.4 Å². The number of rotatable bonds is 4. The number of carbonyl (C=O) groups excluding carboxylic acids is 1. The fraction of sp³-hybridized carbons (Fsp3) is 0.350. The number of carbonyl (C=O) groups is 1. The molecular formula is C20H23N5O. The highest BCUT2D eigenvalue weighted by atomic mass is 16.2. The molecule has 1 N–H and O–H groups in total. The summed E-state index contributed by atoms with van der Waals surface area (Å²) < 4.78 is 1.67. The summed E-state index contributed by atoms with van der Waals surface area (Å²) in [5, 5.41) is 11.6. The molecule has 2 aromatic heterocycles. The van der Waals surface area contributed by atoms with Crippen LogP contribution in [0.5, 0.6) is 0 Å². The van der Waals surface area contributed by atoms with Crippen molar-refractivity contribution >= 4 is 5.91 Å². The first kappa shape index (κ1) is 16.6. The molecule has 0 radical (unpaired) electrons. The molecule has 1 aliphatic heterocycles. The predicted molar refractivity (Wildman–Crippen MR) is 98.9 cm³/mol. The number of amides is 1. The first-order valence-electron chi connectivity index (χ1n) is 9.04. The van der Waals surface area contributed by atoms with Gasteiger partial charge in [-0.1, -0.05) is 30.3 Å². The fourth-order valence-corrected chi connectivity index (χ4v) is 3.74. The van der Waals surface area contributed by atoms with Crippen LogP contribution in [0.4, 0.5) is 0 Å². The first-order valence-corrected chi connectivity index (χ1v) is 9.04. The monoisotopic (exact) mass is 349 g/mol. The van der Waals surface area contributed by atoms with E-state index in [4.69, 9.17) is 0 Å². The van der Waals surface area contributed by atoms with Crippen molar-refractivity contribution in [3.05, 3.63) is 71.3 Å². The van der Waals surface area contributed by atoms with Crippen LogP contribution in [0.1, 0.15) is 45.9 Å². The number of benzene rings is 1. The van der Waals surface area contributed by atoms with Crippen LogP contribution >= 0.6 is 0 Å². The Morgan fingerprint density at radius 2 is 2.12 bits per heavy atom. The van der Waals surface area contributed by atoms with E-state index in [2.05, 4.69) is 39.6 Å². The number of H-pyrrole nitrogens is 1. The topological polar surface area (TPSA) is 66.8 Å². The van der Waals surface area contributed by atoms with Gasteiger partial charge in [-0.2, -0.15) is 10.2 Å². The zero-order chi connectivity index (χ0) is 17.9. The van der Waals surface area contributed by atoms with Gasteiger partial charge in [-0.3, -0.25) is 14.6 Å². The van der Waals surface area contributed by atoms with Crippen molar-refractivity contribution in [1.82, 2.24) is 24.9 Å². The minimum absolute atomic E-state index is 0.0620. The van der Waals surface area contributed by atoms with E-state index in [1.165, 1.54) is 11.1 Å². The Labute approximate surface area is 152 Å². The van der Waals surface area contributed by atoms with Crippen LogP contribution in [-0.2, 0) is 13.5 Å². The molecular weight excluding hydrogens is 326 g/mol. The van der Waals surface area contributed by atoms with Crippen LogP contribution in [0.3, 0.4) is 0 Å². The summed E-state index contributed by atoms with van der Waals surface area (Å²) in [5.41, 5.74) is 4.31. The minimum Gasteiger partial charge on any atom is -0.338 e. The van der Waals surface area contributed by atoms with E-state index in [1.54, 1.807) is 17.1 Å². The Morgan fingerprint density at radius 3 is 2.88 bits per heavy atom. The molecule has 1 atom stereocenters. The molecule has 1 amide bonds. The van der Waals surface area contributed by atoms with Crippen molar-refractivity contribution in [1.29, 1.82) is 0 Å². The Balaban J connectivity index is 1.50. The highest BCUT2D eigenvalue weighted by Crippen LogP contribution is 2.29. The molecule has 0 saturated carbocycles. The van der Waals surface area contributed by atoms with Crippen molar-refractivity contribution in [2.75, 3.05) is 13.1 Å². The van der Waals surface area contributed by atoms with Gasteiger partial charge >= 0.3 is 0 Å². The van der Waals surface area contributed by atoms with Crippen LogP contribution in [0.25, 0.3) is 0 Å². The van der Waals surface area contributed by atoms with Gasteiger partial charge in [0.25, 0.3) is 5.91 Å². The van der Waals surface area contributed by atoms with Crippen LogP contribution in [0.2, 0.25) is 0 Å². The Hall–Kier alpha value is -2.89. The number of nitrogens with zero attached hydrogens (tertiary/aromatic N) is 4. The quantitative estimate of drug-likeness (QED) is 0.787. The van der Waals surface area contributed by atoms with Gasteiger partial charge in [-0.15, -0.1) is 0 Å². The highest BCUT2D eigenvalue weighted by molar-refractivity contribution is 5.93. The lowest BCUT2D eigenvalue weighted by Gasteiger charge is -2.32. The summed E-state index contributed by atoms with van der Waals surface area (Å²) in [7, 11) is 1.83. The number of aromatic nitrogens is 4. The van der Waals surface area contributed by atoms with Gasteiger partial charge in [-0.05, 0) is 24.0 Å². The number of hydrogen-bond donors (Lipinski definition) is 1. The molecule has 0 spiro atoms. The summed E-state index contributed by atoms with van der Waals surface area (Å²) in [4.78, 5) is 14.7. The lowest BCUT2D eigenvalue weighted by molar-refractivity contribution is 0.0705. The molecule has 3 aromatic rings. The third kappa shape index (κ3) is 3.40. The summed E-state index contributed by atoms with van der Waals surface area (Å²) in [6.07, 6.45) is 8.27. The molecule has 1 aliphatic rings. The van der Waals surface area contributed by atoms with Crippen molar-refractivity contribution < 1.29 is 4.79 Å². The zero-order valence-corrected chi connectivity index (χ0v) is 14.9. The SMILES string of the molecule is Cn1cc(C(=O)N2CCCC(c3[nH]ncc3Cc3ccccc3)C2)cn1. The molecule has 3 heterocycles. The largest absolute Gasteiger partial charge is 0.338 e. The van der Waals surface area contributed by atoms with Crippen LogP contribution in [0.15, 0.2) is 48.9 Å². The summed E-state index contributed by atoms with van der Waals surface area (Å²) in [6.45, 7) is 1.52. The van der Waals surface area contributed by atoms with Crippen LogP contribution < -0.4 is 0 Å². The molecule has 1 unspecified atom stereocenters. The lowest BCUT2D eigenvalue weighted by Crippen LogP contribution is -2.39. The molecule has 0 bridgehead atoms. The molecule has 134 valence electrons. The van der Waals surface area contributed by atoms with Gasteiger partial charge in [0.15, 0.2) is 0 Å². The zero-order valence-electron chi connectivity index (χ0n) is 14.9. The smallest absolute Gasteiger partial charge is 0.257 e. The maximum absolute atomic E-state index is 12.8. The summed E-state index contributed by atoms with van der Waals surface area (Å²) in [5.74, 6) is 0.359. The average Bonchev–Trinajstić information content (AvgIpc) is 3.31. The van der Waals surface area contributed by atoms with E-state index in [0.717, 1.165) is 38.0 Å². The lowest BCUT2D eigenvalue weighted by atomic mass is 9.90. The third-order valence-corrected chi connectivity index (χ3v) is 5.06. The van der Waals surface area contributed by atoms with Crippen molar-refractivity contribution in [3.63, 3.8) is 0 Å². The van der Waals surface area contributed by atoms with E-state index < -0.39 is 0 Å². The minimum atomic E-state index is 0.0620. The average molecular weight is 349 g/mol. The van der Waals surface area contributed by atoms with Gasteiger partial charge < -0.3 is 4.90 Å². The molecule has 1 aromatic carbocycles. The van der Waals surface area contributed by atoms with Crippen LogP contribution in [-0.4, -0.2) is 43.9 Å². The number of piperidine rings is 1. The van der Waals surface area contributed by atoms with Crippen molar-refractivity contribution in [3.8, 4) is 0 Å².